The molecule has 0 bridgehead atoms. The van der Waals surface area contributed by atoms with Crippen LogP contribution in [0.15, 0.2) is 66.7 Å². The smallest absolute Gasteiger partial charge is 0.251 e. The first-order valence-corrected chi connectivity index (χ1v) is 13.5. The molecular weight excluding hydrogens is 476 g/mol. The first kappa shape index (κ1) is 23.7. The van der Waals surface area contributed by atoms with E-state index in [1.807, 2.05) is 30.3 Å². The first-order chi connectivity index (χ1) is 17.2. The molecule has 0 aliphatic carbocycles. The van der Waals surface area contributed by atoms with E-state index in [-0.39, 0.29) is 11.7 Å². The van der Waals surface area contributed by atoms with Gasteiger partial charge in [0.05, 0.1) is 16.1 Å². The highest BCUT2D eigenvalue weighted by molar-refractivity contribution is 7.14. The summed E-state index contributed by atoms with van der Waals surface area (Å²) < 4.78 is 5.92. The second-order valence-corrected chi connectivity index (χ2v) is 10.6. The molecule has 2 aromatic carbocycles. The highest BCUT2D eigenvalue weighted by atomic mass is 32.1. The van der Waals surface area contributed by atoms with E-state index in [1.54, 1.807) is 23.7 Å². The summed E-state index contributed by atoms with van der Waals surface area (Å²) >= 11 is 3.04. The monoisotopic (exact) mass is 504 g/mol. The molecule has 0 radical (unpaired) electrons. The molecule has 1 aliphatic heterocycles. The Kier molecular flexibility index (Phi) is 7.51. The number of carbonyl (C=O) groups is 2. The van der Waals surface area contributed by atoms with Crippen LogP contribution in [0.1, 0.15) is 37.7 Å². The molecule has 1 amide bonds. The van der Waals surface area contributed by atoms with Crippen molar-refractivity contribution in [2.45, 2.75) is 19.4 Å². The van der Waals surface area contributed by atoms with Crippen molar-refractivity contribution in [3.05, 3.63) is 82.0 Å². The number of amides is 1. The molecule has 8 heteroatoms. The summed E-state index contributed by atoms with van der Waals surface area (Å²) in [6, 6.07) is 21.4. The molecule has 1 fully saturated rings. The van der Waals surface area contributed by atoms with Crippen LogP contribution in [0.4, 0.5) is 5.82 Å². The molecule has 0 unspecified atom stereocenters. The normalized spacial score (nSPS) is 14.3. The lowest BCUT2D eigenvalue weighted by Gasteiger charge is -2.35. The third-order valence-electron chi connectivity index (χ3n) is 6.30. The summed E-state index contributed by atoms with van der Waals surface area (Å²) in [4.78, 5) is 31.5. The van der Waals surface area contributed by atoms with E-state index in [9.17, 15) is 9.59 Å². The number of aromatic nitrogens is 1. The minimum Gasteiger partial charge on any atom is -0.353 e. The number of nitrogens with zero attached hydrogens (tertiary/aromatic N) is 3. The molecule has 6 nitrogen and oxygen atoms in total. The van der Waals surface area contributed by atoms with Crippen molar-refractivity contribution in [3.8, 4) is 0 Å². The summed E-state index contributed by atoms with van der Waals surface area (Å²) in [7, 11) is 0. The third kappa shape index (κ3) is 5.78. The molecule has 0 saturated carbocycles. The summed E-state index contributed by atoms with van der Waals surface area (Å²) in [6.07, 6.45) is 1.41. The molecule has 180 valence electrons. The van der Waals surface area contributed by atoms with Gasteiger partial charge in [-0.05, 0) is 60.9 Å². The van der Waals surface area contributed by atoms with E-state index in [2.05, 4.69) is 43.8 Å². The third-order valence-corrected chi connectivity index (χ3v) is 8.25. The standard InChI is InChI=1S/C27H28N4O2S2/c32-23(25-13-12-21(34-25)19-28-27(33)20-7-2-1-3-8-20)10-6-14-30-15-17-31(18-16-30)26-22-9-4-5-11-24(22)35-29-26/h1-5,7-9,11-13H,6,10,14-19H2,(H,28,33). The van der Waals surface area contributed by atoms with Gasteiger partial charge in [0, 0.05) is 48.4 Å². The number of benzene rings is 2. The van der Waals surface area contributed by atoms with Crippen LogP contribution in [0.3, 0.4) is 0 Å². The van der Waals surface area contributed by atoms with Gasteiger partial charge in [-0.3, -0.25) is 14.5 Å². The summed E-state index contributed by atoms with van der Waals surface area (Å²) in [5, 5.41) is 4.16. The molecule has 0 atom stereocenters. The number of fused-ring (bicyclic) bond motifs is 1. The Morgan fingerprint density at radius 2 is 1.69 bits per heavy atom. The average Bonchev–Trinajstić information content (AvgIpc) is 3.56. The van der Waals surface area contributed by atoms with Crippen molar-refractivity contribution in [3.63, 3.8) is 0 Å². The van der Waals surface area contributed by atoms with Crippen LogP contribution >= 0.6 is 22.9 Å². The Hall–Kier alpha value is -3.07. The summed E-state index contributed by atoms with van der Waals surface area (Å²) in [5.74, 6) is 1.19. The largest absolute Gasteiger partial charge is 0.353 e. The van der Waals surface area contributed by atoms with E-state index in [0.29, 0.717) is 18.5 Å². The molecule has 3 heterocycles. The minimum atomic E-state index is -0.102. The lowest BCUT2D eigenvalue weighted by atomic mass is 10.1. The average molecular weight is 505 g/mol. The topological polar surface area (TPSA) is 65.5 Å². The Labute approximate surface area is 213 Å². The Morgan fingerprint density at radius 3 is 2.51 bits per heavy atom. The van der Waals surface area contributed by atoms with Crippen molar-refractivity contribution in [1.82, 2.24) is 14.6 Å². The molecule has 2 aromatic heterocycles. The highest BCUT2D eigenvalue weighted by Crippen LogP contribution is 2.29. The predicted molar refractivity (Wildman–Crippen MR) is 144 cm³/mol. The number of rotatable bonds is 9. The maximum Gasteiger partial charge on any atom is 0.251 e. The van der Waals surface area contributed by atoms with Crippen LogP contribution in [0, 0.1) is 0 Å². The molecule has 4 aromatic rings. The van der Waals surface area contributed by atoms with Crippen molar-refractivity contribution in [1.29, 1.82) is 0 Å². The number of anilines is 1. The van der Waals surface area contributed by atoms with Gasteiger partial charge in [-0.15, -0.1) is 11.3 Å². The van der Waals surface area contributed by atoms with Crippen LogP contribution in [-0.4, -0.2) is 53.7 Å². The zero-order valence-electron chi connectivity index (χ0n) is 19.5. The minimum absolute atomic E-state index is 0.102. The maximum atomic E-state index is 12.7. The number of ketones is 1. The Morgan fingerprint density at radius 1 is 0.914 bits per heavy atom. The lowest BCUT2D eigenvalue weighted by molar-refractivity contribution is 0.0949. The summed E-state index contributed by atoms with van der Waals surface area (Å²) in [6.45, 7) is 5.27. The van der Waals surface area contributed by atoms with Crippen LogP contribution in [0.2, 0.25) is 0 Å². The van der Waals surface area contributed by atoms with E-state index in [1.165, 1.54) is 21.4 Å². The predicted octanol–water partition coefficient (Wildman–Crippen LogP) is 5.07. The number of carbonyl (C=O) groups excluding carboxylic acids is 2. The van der Waals surface area contributed by atoms with Crippen LogP contribution in [-0.2, 0) is 6.54 Å². The van der Waals surface area contributed by atoms with E-state index in [4.69, 9.17) is 0 Å². The molecule has 1 aliphatic rings. The quantitative estimate of drug-likeness (QED) is 0.322. The van der Waals surface area contributed by atoms with Gasteiger partial charge < -0.3 is 10.2 Å². The van der Waals surface area contributed by atoms with Crippen molar-refractivity contribution >= 4 is 50.5 Å². The first-order valence-electron chi connectivity index (χ1n) is 11.9. The Bertz CT molecular complexity index is 1290. The van der Waals surface area contributed by atoms with Crippen molar-refractivity contribution < 1.29 is 9.59 Å². The molecule has 1 saturated heterocycles. The summed E-state index contributed by atoms with van der Waals surface area (Å²) in [5.41, 5.74) is 0.640. The number of hydrogen-bond donors (Lipinski definition) is 1. The van der Waals surface area contributed by atoms with Crippen molar-refractivity contribution in [2.75, 3.05) is 37.6 Å². The SMILES string of the molecule is O=C(NCc1ccc(C(=O)CCCN2CCN(c3nsc4ccccc34)CC2)s1)c1ccccc1. The fraction of sp³-hybridized carbons (Fsp3) is 0.296. The fourth-order valence-corrected chi connectivity index (χ4v) is 6.06. The Balaban J connectivity index is 1.04. The zero-order valence-corrected chi connectivity index (χ0v) is 21.1. The second-order valence-electron chi connectivity index (χ2n) is 8.67. The van der Waals surface area contributed by atoms with Gasteiger partial charge in [-0.25, -0.2) is 0 Å². The zero-order chi connectivity index (χ0) is 24.0. The number of nitrogens with one attached hydrogen (secondary N) is 1. The lowest BCUT2D eigenvalue weighted by Crippen LogP contribution is -2.46. The van der Waals surface area contributed by atoms with Gasteiger partial charge in [0.15, 0.2) is 5.78 Å². The fourth-order valence-electron chi connectivity index (χ4n) is 4.35. The van der Waals surface area contributed by atoms with Gasteiger partial charge in [0.1, 0.15) is 5.82 Å². The van der Waals surface area contributed by atoms with Crippen LogP contribution < -0.4 is 10.2 Å². The molecule has 0 spiro atoms. The van der Waals surface area contributed by atoms with Gasteiger partial charge in [-0.1, -0.05) is 30.3 Å². The van der Waals surface area contributed by atoms with Crippen molar-refractivity contribution in [2.24, 2.45) is 0 Å². The maximum absolute atomic E-state index is 12.7. The molecule has 1 N–H and O–H groups in total. The number of hydrogen-bond acceptors (Lipinski definition) is 7. The van der Waals surface area contributed by atoms with E-state index >= 15 is 0 Å². The van der Waals surface area contributed by atoms with Gasteiger partial charge >= 0.3 is 0 Å². The number of piperazine rings is 1. The molecule has 5 rings (SSSR count). The molecule has 35 heavy (non-hydrogen) atoms. The van der Waals surface area contributed by atoms with E-state index < -0.39 is 0 Å². The van der Waals surface area contributed by atoms with E-state index in [0.717, 1.165) is 54.7 Å². The van der Waals surface area contributed by atoms with Crippen LogP contribution in [0.5, 0.6) is 0 Å². The molecular formula is C27H28N4O2S2. The van der Waals surface area contributed by atoms with Gasteiger partial charge in [0.2, 0.25) is 0 Å². The van der Waals surface area contributed by atoms with Gasteiger partial charge in [0.25, 0.3) is 5.91 Å². The van der Waals surface area contributed by atoms with Gasteiger partial charge in [-0.2, -0.15) is 4.37 Å². The highest BCUT2D eigenvalue weighted by Gasteiger charge is 2.21. The van der Waals surface area contributed by atoms with Crippen LogP contribution in [0.25, 0.3) is 10.1 Å². The number of Topliss-reactive ketones (excluding diaryl/α,β-unsaturated/α-hetero) is 1. The number of thiophene rings is 1. The second kappa shape index (κ2) is 11.1.